The fraction of sp³-hybridized carbons (Fsp3) is 0.895. The van der Waals surface area contributed by atoms with Gasteiger partial charge in [-0.3, -0.25) is 4.79 Å². The van der Waals surface area contributed by atoms with Crippen molar-refractivity contribution in [2.24, 2.45) is 16.7 Å². The van der Waals surface area contributed by atoms with Crippen LogP contribution in [0.4, 0.5) is 4.79 Å². The molecule has 2 atom stereocenters. The second-order valence-electron chi connectivity index (χ2n) is 8.24. The highest BCUT2D eigenvalue weighted by molar-refractivity contribution is 5.80. The first-order valence-electron chi connectivity index (χ1n) is 9.85. The number of nitrogens with one attached hydrogen (secondary N) is 1. The van der Waals surface area contributed by atoms with E-state index in [1.807, 2.05) is 6.92 Å². The first kappa shape index (κ1) is 18.5. The number of urea groups is 1. The fourth-order valence-corrected chi connectivity index (χ4v) is 5.24. The molecule has 2 saturated carbocycles. The van der Waals surface area contributed by atoms with Gasteiger partial charge in [0.2, 0.25) is 0 Å². The Hall–Kier alpha value is -1.30. The van der Waals surface area contributed by atoms with Crippen molar-refractivity contribution in [3.8, 4) is 0 Å². The number of amides is 2. The van der Waals surface area contributed by atoms with Gasteiger partial charge in [-0.2, -0.15) is 0 Å². The van der Waals surface area contributed by atoms with E-state index in [-0.39, 0.29) is 17.4 Å². The predicted octanol–water partition coefficient (Wildman–Crippen LogP) is 2.87. The summed E-state index contributed by atoms with van der Waals surface area (Å²) in [6.07, 6.45) is 8.30. The number of rotatable bonds is 7. The number of ether oxygens (including phenoxy) is 1. The Labute approximate surface area is 150 Å². The topological polar surface area (TPSA) is 78.9 Å². The second-order valence-corrected chi connectivity index (χ2v) is 8.24. The van der Waals surface area contributed by atoms with Gasteiger partial charge in [0.15, 0.2) is 0 Å². The summed E-state index contributed by atoms with van der Waals surface area (Å²) in [5.74, 6) is -0.608. The summed E-state index contributed by atoms with van der Waals surface area (Å²) in [4.78, 5) is 26.2. The van der Waals surface area contributed by atoms with Crippen LogP contribution in [0.2, 0.25) is 0 Å². The van der Waals surface area contributed by atoms with E-state index in [9.17, 15) is 14.7 Å². The lowest BCUT2D eigenvalue weighted by Gasteiger charge is -2.30. The lowest BCUT2D eigenvalue weighted by atomic mass is 9.81. The molecule has 0 aromatic carbocycles. The van der Waals surface area contributed by atoms with Crippen molar-refractivity contribution >= 4 is 12.0 Å². The van der Waals surface area contributed by atoms with E-state index in [4.69, 9.17) is 4.74 Å². The molecule has 2 amide bonds. The number of likely N-dealkylation sites (tertiary alicyclic amines) is 1. The van der Waals surface area contributed by atoms with Gasteiger partial charge in [-0.15, -0.1) is 0 Å². The zero-order chi connectivity index (χ0) is 17.9. The Morgan fingerprint density at radius 2 is 2.00 bits per heavy atom. The number of carbonyl (C=O) groups is 2. The third-order valence-corrected chi connectivity index (χ3v) is 6.84. The quantitative estimate of drug-likeness (QED) is 0.691. The van der Waals surface area contributed by atoms with Crippen molar-refractivity contribution in [2.75, 3.05) is 32.8 Å². The maximum atomic E-state index is 12.7. The molecule has 0 spiro atoms. The molecule has 3 rings (SSSR count). The number of nitrogens with zero attached hydrogens (tertiary/aromatic N) is 1. The van der Waals surface area contributed by atoms with Crippen LogP contribution >= 0.6 is 0 Å². The van der Waals surface area contributed by atoms with Crippen molar-refractivity contribution in [3.05, 3.63) is 0 Å². The predicted molar refractivity (Wildman–Crippen MR) is 94.4 cm³/mol. The Kier molecular flexibility index (Phi) is 5.56. The van der Waals surface area contributed by atoms with Crippen molar-refractivity contribution in [3.63, 3.8) is 0 Å². The molecule has 3 fully saturated rings. The molecule has 1 heterocycles. The lowest BCUT2D eigenvalue weighted by molar-refractivity contribution is -0.149. The molecule has 142 valence electrons. The smallest absolute Gasteiger partial charge is 0.317 e. The van der Waals surface area contributed by atoms with Gasteiger partial charge in [0.1, 0.15) is 0 Å². The minimum absolute atomic E-state index is 0.0855. The highest BCUT2D eigenvalue weighted by atomic mass is 16.5. The lowest BCUT2D eigenvalue weighted by Crippen LogP contribution is -2.45. The van der Waals surface area contributed by atoms with E-state index in [1.54, 1.807) is 4.90 Å². The zero-order valence-electron chi connectivity index (χ0n) is 15.4. The summed E-state index contributed by atoms with van der Waals surface area (Å²) in [6.45, 7) is 5.12. The average Bonchev–Trinajstić information content (AvgIpc) is 3.27. The summed E-state index contributed by atoms with van der Waals surface area (Å²) < 4.78 is 5.53. The molecule has 1 aliphatic heterocycles. The van der Waals surface area contributed by atoms with Gasteiger partial charge in [0, 0.05) is 32.8 Å². The van der Waals surface area contributed by atoms with Crippen molar-refractivity contribution in [2.45, 2.75) is 58.3 Å². The first-order valence-corrected chi connectivity index (χ1v) is 9.85. The van der Waals surface area contributed by atoms with Crippen molar-refractivity contribution < 1.29 is 19.4 Å². The minimum Gasteiger partial charge on any atom is -0.481 e. The van der Waals surface area contributed by atoms with Crippen LogP contribution in [-0.2, 0) is 9.53 Å². The van der Waals surface area contributed by atoms with Crippen LogP contribution in [0.3, 0.4) is 0 Å². The minimum atomic E-state index is -0.728. The molecule has 0 bridgehead atoms. The van der Waals surface area contributed by atoms with Gasteiger partial charge in [-0.25, -0.2) is 4.79 Å². The molecule has 6 heteroatoms. The van der Waals surface area contributed by atoms with Gasteiger partial charge in [-0.1, -0.05) is 19.3 Å². The molecule has 0 radical (unpaired) electrons. The molecule has 2 aliphatic carbocycles. The summed E-state index contributed by atoms with van der Waals surface area (Å²) in [5, 5.41) is 12.8. The van der Waals surface area contributed by atoms with Crippen LogP contribution < -0.4 is 5.32 Å². The SMILES string of the molecule is CCOCCC1(CNC(=O)N2C[C@@H]3CCC[C@@]3(C(=O)O)C2)CCCC1. The van der Waals surface area contributed by atoms with E-state index in [0.717, 1.165) is 45.3 Å². The average molecular weight is 352 g/mol. The Morgan fingerprint density at radius 3 is 2.64 bits per heavy atom. The van der Waals surface area contributed by atoms with Gasteiger partial charge in [0.25, 0.3) is 0 Å². The Morgan fingerprint density at radius 1 is 1.24 bits per heavy atom. The molecule has 25 heavy (non-hydrogen) atoms. The maximum absolute atomic E-state index is 12.7. The maximum Gasteiger partial charge on any atom is 0.317 e. The number of carboxylic acids is 1. The van der Waals surface area contributed by atoms with Gasteiger partial charge >= 0.3 is 12.0 Å². The summed E-state index contributed by atoms with van der Waals surface area (Å²) in [5.41, 5.74) is -0.539. The monoisotopic (exact) mass is 352 g/mol. The standard InChI is InChI=1S/C19H32N2O4/c1-2-25-11-10-18(7-3-4-8-18)13-20-17(24)21-12-15-6-5-9-19(15,14-21)16(22)23/h15H,2-14H2,1H3,(H,20,24)(H,22,23)/t15-,19+/m0/s1. The third kappa shape index (κ3) is 3.64. The second kappa shape index (κ2) is 7.52. The molecule has 0 aromatic heterocycles. The zero-order valence-corrected chi connectivity index (χ0v) is 15.4. The number of carboxylic acid groups (broad SMARTS) is 1. The summed E-state index contributed by atoms with van der Waals surface area (Å²) in [7, 11) is 0. The molecule has 3 aliphatic rings. The fourth-order valence-electron chi connectivity index (χ4n) is 5.24. The first-order chi connectivity index (χ1) is 12.0. The van der Waals surface area contributed by atoms with Crippen LogP contribution in [0.5, 0.6) is 0 Å². The molecular weight excluding hydrogens is 320 g/mol. The Bertz CT molecular complexity index is 504. The number of hydrogen-bond acceptors (Lipinski definition) is 3. The molecule has 1 saturated heterocycles. The normalized spacial score (nSPS) is 30.4. The molecule has 2 N–H and O–H groups in total. The van der Waals surface area contributed by atoms with Crippen LogP contribution in [0.1, 0.15) is 58.3 Å². The van der Waals surface area contributed by atoms with Gasteiger partial charge in [0.05, 0.1) is 5.41 Å². The van der Waals surface area contributed by atoms with E-state index in [1.165, 1.54) is 12.8 Å². The van der Waals surface area contributed by atoms with Gasteiger partial charge < -0.3 is 20.1 Å². The molecular formula is C19H32N2O4. The highest BCUT2D eigenvalue weighted by Crippen LogP contribution is 2.49. The largest absolute Gasteiger partial charge is 0.481 e. The van der Waals surface area contributed by atoms with Crippen molar-refractivity contribution in [1.82, 2.24) is 10.2 Å². The van der Waals surface area contributed by atoms with E-state index in [2.05, 4.69) is 5.32 Å². The van der Waals surface area contributed by atoms with Crippen LogP contribution in [0.15, 0.2) is 0 Å². The van der Waals surface area contributed by atoms with Crippen molar-refractivity contribution in [1.29, 1.82) is 0 Å². The molecule has 6 nitrogen and oxygen atoms in total. The number of hydrogen-bond donors (Lipinski definition) is 2. The molecule has 0 aromatic rings. The van der Waals surface area contributed by atoms with E-state index < -0.39 is 11.4 Å². The molecule has 0 unspecified atom stereocenters. The number of fused-ring (bicyclic) bond motifs is 1. The third-order valence-electron chi connectivity index (χ3n) is 6.84. The number of carbonyl (C=O) groups excluding carboxylic acids is 1. The van der Waals surface area contributed by atoms with E-state index >= 15 is 0 Å². The Balaban J connectivity index is 1.55. The summed E-state index contributed by atoms with van der Waals surface area (Å²) in [6, 6.07) is -0.0855. The summed E-state index contributed by atoms with van der Waals surface area (Å²) >= 11 is 0. The number of aliphatic carboxylic acids is 1. The van der Waals surface area contributed by atoms with Crippen LogP contribution in [0, 0.1) is 16.7 Å². The van der Waals surface area contributed by atoms with Crippen LogP contribution in [-0.4, -0.2) is 54.9 Å². The van der Waals surface area contributed by atoms with Gasteiger partial charge in [-0.05, 0) is 50.4 Å². The van der Waals surface area contributed by atoms with Crippen LogP contribution in [0.25, 0.3) is 0 Å². The highest BCUT2D eigenvalue weighted by Gasteiger charge is 2.55. The van der Waals surface area contributed by atoms with E-state index in [0.29, 0.717) is 26.1 Å².